The average molecular weight is 421 g/mol. The minimum absolute atomic E-state index is 0.00986. The van der Waals surface area contributed by atoms with Gasteiger partial charge in [-0.2, -0.15) is 0 Å². The Morgan fingerprint density at radius 2 is 2.18 bits per heavy atom. The van der Waals surface area contributed by atoms with Gasteiger partial charge in [-0.15, -0.1) is 28.1 Å². The van der Waals surface area contributed by atoms with Gasteiger partial charge in [0, 0.05) is 28.4 Å². The summed E-state index contributed by atoms with van der Waals surface area (Å²) in [5, 5.41) is 13.5. The number of anilines is 1. The highest BCUT2D eigenvalue weighted by Crippen LogP contribution is 2.28. The highest BCUT2D eigenvalue weighted by Gasteiger charge is 2.16. The van der Waals surface area contributed by atoms with Gasteiger partial charge >= 0.3 is 0 Å². The quantitative estimate of drug-likeness (QED) is 0.421. The number of rotatable bonds is 8. The maximum Gasteiger partial charge on any atom is 0.234 e. The molecule has 0 saturated carbocycles. The molecule has 0 aliphatic rings. The molecule has 0 aliphatic heterocycles. The molecule has 0 fully saturated rings. The molecule has 0 aliphatic carbocycles. The molecule has 2 aromatic heterocycles. The molecule has 1 aromatic carbocycles. The third-order valence-corrected chi connectivity index (χ3v) is 5.87. The van der Waals surface area contributed by atoms with Gasteiger partial charge in [-0.25, -0.2) is 8.78 Å². The van der Waals surface area contributed by atoms with E-state index in [1.807, 2.05) is 9.95 Å². The Morgan fingerprint density at radius 1 is 1.36 bits per heavy atom. The third-order valence-electron chi connectivity index (χ3n) is 3.83. The van der Waals surface area contributed by atoms with Crippen LogP contribution in [0.5, 0.6) is 0 Å². The smallest absolute Gasteiger partial charge is 0.234 e. The summed E-state index contributed by atoms with van der Waals surface area (Å²) in [7, 11) is 0. The van der Waals surface area contributed by atoms with E-state index in [1.165, 1.54) is 22.7 Å². The van der Waals surface area contributed by atoms with Crippen LogP contribution in [0.1, 0.15) is 11.8 Å². The van der Waals surface area contributed by atoms with Crippen molar-refractivity contribution in [3.63, 3.8) is 0 Å². The molecule has 0 atom stereocenters. The van der Waals surface area contributed by atoms with E-state index in [-0.39, 0.29) is 11.4 Å². The third kappa shape index (κ3) is 4.66. The largest absolute Gasteiger partial charge is 0.323 e. The Labute approximate surface area is 169 Å². The van der Waals surface area contributed by atoms with Crippen molar-refractivity contribution in [3.05, 3.63) is 58.8 Å². The van der Waals surface area contributed by atoms with E-state index in [1.54, 1.807) is 17.4 Å². The fourth-order valence-electron chi connectivity index (χ4n) is 2.49. The number of carbonyl (C=O) groups excluding carboxylic acids is 1. The predicted molar refractivity (Wildman–Crippen MR) is 109 cm³/mol. The lowest BCUT2D eigenvalue weighted by atomic mass is 10.2. The Bertz CT molecular complexity index is 1000. The molecule has 0 bridgehead atoms. The first-order chi connectivity index (χ1) is 13.5. The minimum atomic E-state index is -0.820. The zero-order chi connectivity index (χ0) is 20.1. The van der Waals surface area contributed by atoms with Gasteiger partial charge in [0.2, 0.25) is 5.91 Å². The summed E-state index contributed by atoms with van der Waals surface area (Å²) < 4.78 is 28.5. The first-order valence-corrected chi connectivity index (χ1v) is 10.4. The zero-order valence-corrected chi connectivity index (χ0v) is 16.7. The molecule has 5 nitrogen and oxygen atoms in total. The lowest BCUT2D eigenvalue weighted by Crippen LogP contribution is -2.15. The highest BCUT2D eigenvalue weighted by atomic mass is 32.2. The molecule has 0 spiro atoms. The highest BCUT2D eigenvalue weighted by molar-refractivity contribution is 7.99. The number of benzene rings is 1. The number of aromatic nitrogens is 3. The van der Waals surface area contributed by atoms with Crippen LogP contribution in [0.2, 0.25) is 0 Å². The lowest BCUT2D eigenvalue weighted by Gasteiger charge is -2.08. The predicted octanol–water partition coefficient (Wildman–Crippen LogP) is 4.76. The molecule has 0 radical (unpaired) electrons. The van der Waals surface area contributed by atoms with Crippen molar-refractivity contribution in [2.45, 2.75) is 25.0 Å². The van der Waals surface area contributed by atoms with Gasteiger partial charge in [0.15, 0.2) is 11.0 Å². The summed E-state index contributed by atoms with van der Waals surface area (Å²) in [6.07, 6.45) is 2.68. The van der Waals surface area contributed by atoms with Crippen molar-refractivity contribution in [2.24, 2.45) is 0 Å². The van der Waals surface area contributed by atoms with Gasteiger partial charge in [0.25, 0.3) is 0 Å². The van der Waals surface area contributed by atoms with Gasteiger partial charge in [0.05, 0.1) is 11.4 Å². The van der Waals surface area contributed by atoms with Crippen molar-refractivity contribution >= 4 is 34.7 Å². The molecule has 2 heterocycles. The summed E-state index contributed by atoms with van der Waals surface area (Å²) in [6, 6.07) is 5.07. The Kier molecular flexibility index (Phi) is 6.58. The normalized spacial score (nSPS) is 10.8. The van der Waals surface area contributed by atoms with E-state index in [4.69, 9.17) is 0 Å². The second-order valence-corrected chi connectivity index (χ2v) is 7.76. The number of nitrogens with zero attached hydrogens (tertiary/aromatic N) is 3. The van der Waals surface area contributed by atoms with Gasteiger partial charge in [-0.1, -0.05) is 24.8 Å². The van der Waals surface area contributed by atoms with Gasteiger partial charge in [-0.05, 0) is 24.6 Å². The molecule has 9 heteroatoms. The molecule has 1 amide bonds. The maximum absolute atomic E-state index is 13.7. The summed E-state index contributed by atoms with van der Waals surface area (Å²) >= 11 is 2.85. The van der Waals surface area contributed by atoms with Crippen molar-refractivity contribution in [2.75, 3.05) is 11.1 Å². The molecule has 3 rings (SSSR count). The second-order valence-electron chi connectivity index (χ2n) is 5.82. The minimum Gasteiger partial charge on any atom is -0.323 e. The molecule has 1 N–H and O–H groups in total. The first kappa shape index (κ1) is 20.2. The summed E-state index contributed by atoms with van der Waals surface area (Å²) in [5.41, 5.74) is 0.909. The number of nitrogens with one attached hydrogen (secondary N) is 1. The fourth-order valence-corrected chi connectivity index (χ4v) is 4.05. The number of allylic oxidation sites excluding steroid dienone is 1. The van der Waals surface area contributed by atoms with Gasteiger partial charge in [0.1, 0.15) is 11.6 Å². The lowest BCUT2D eigenvalue weighted by molar-refractivity contribution is -0.113. The van der Waals surface area contributed by atoms with E-state index >= 15 is 0 Å². The van der Waals surface area contributed by atoms with Crippen LogP contribution in [0, 0.1) is 11.6 Å². The number of hydrogen-bond donors (Lipinski definition) is 1. The molecule has 28 heavy (non-hydrogen) atoms. The van der Waals surface area contributed by atoms with Crippen LogP contribution in [0.25, 0.3) is 11.4 Å². The van der Waals surface area contributed by atoms with Crippen molar-refractivity contribution in [1.29, 1.82) is 0 Å². The second kappa shape index (κ2) is 9.11. The Balaban J connectivity index is 1.71. The van der Waals surface area contributed by atoms with Crippen LogP contribution >= 0.6 is 23.1 Å². The number of aryl methyl sites for hydroxylation is 1. The van der Waals surface area contributed by atoms with Crippen LogP contribution in [0.15, 0.2) is 47.5 Å². The van der Waals surface area contributed by atoms with E-state index in [2.05, 4.69) is 35.1 Å². The maximum atomic E-state index is 13.7. The number of halogens is 2. The van der Waals surface area contributed by atoms with E-state index in [9.17, 15) is 13.6 Å². The Hall–Kier alpha value is -2.52. The van der Waals surface area contributed by atoms with Crippen LogP contribution in [-0.2, 0) is 17.8 Å². The molecule has 0 saturated heterocycles. The van der Waals surface area contributed by atoms with Crippen LogP contribution in [0.3, 0.4) is 0 Å². The first-order valence-electron chi connectivity index (χ1n) is 8.51. The molecular formula is C19H18F2N4OS2. The number of thioether (sulfide) groups is 1. The Morgan fingerprint density at radius 3 is 2.86 bits per heavy atom. The van der Waals surface area contributed by atoms with E-state index in [0.29, 0.717) is 17.5 Å². The number of amides is 1. The van der Waals surface area contributed by atoms with Gasteiger partial charge in [-0.3, -0.25) is 9.36 Å². The van der Waals surface area contributed by atoms with Crippen LogP contribution < -0.4 is 5.32 Å². The SMILES string of the molecule is C=CCn1c(SCC(=O)Nc2ccc(F)cc2F)nnc1-c1csc(CC)c1. The van der Waals surface area contributed by atoms with Crippen molar-refractivity contribution < 1.29 is 13.6 Å². The molecular weight excluding hydrogens is 402 g/mol. The average Bonchev–Trinajstić information content (AvgIpc) is 3.29. The summed E-state index contributed by atoms with van der Waals surface area (Å²) in [5.74, 6) is -1.22. The number of hydrogen-bond acceptors (Lipinski definition) is 5. The van der Waals surface area contributed by atoms with E-state index in [0.717, 1.165) is 24.1 Å². The standard InChI is InChI=1S/C19H18F2N4OS2/c1-3-7-25-18(12-8-14(4-2)27-10-12)23-24-19(25)28-11-17(26)22-16-6-5-13(20)9-15(16)21/h3,5-6,8-10H,1,4,7,11H2,2H3,(H,22,26). The fraction of sp³-hybridized carbons (Fsp3) is 0.211. The van der Waals surface area contributed by atoms with Crippen LogP contribution in [-0.4, -0.2) is 26.4 Å². The summed E-state index contributed by atoms with van der Waals surface area (Å²) in [4.78, 5) is 13.4. The van der Waals surface area contributed by atoms with Gasteiger partial charge < -0.3 is 5.32 Å². The van der Waals surface area contributed by atoms with Crippen LogP contribution in [0.4, 0.5) is 14.5 Å². The number of carbonyl (C=O) groups is 1. The van der Waals surface area contributed by atoms with Crippen molar-refractivity contribution in [1.82, 2.24) is 14.8 Å². The molecule has 0 unspecified atom stereocenters. The summed E-state index contributed by atoms with van der Waals surface area (Å²) in [6.45, 7) is 6.35. The van der Waals surface area contributed by atoms with Crippen molar-refractivity contribution in [3.8, 4) is 11.4 Å². The monoisotopic (exact) mass is 420 g/mol. The number of thiophene rings is 1. The van der Waals surface area contributed by atoms with E-state index < -0.39 is 17.5 Å². The topological polar surface area (TPSA) is 59.8 Å². The zero-order valence-electron chi connectivity index (χ0n) is 15.1. The molecule has 146 valence electrons. The molecule has 3 aromatic rings.